The third-order valence-electron chi connectivity index (χ3n) is 3.55. The van der Waals surface area contributed by atoms with Crippen LogP contribution >= 0.6 is 0 Å². The van der Waals surface area contributed by atoms with Crippen molar-refractivity contribution in [1.82, 2.24) is 4.98 Å². The molecule has 6 nitrogen and oxygen atoms in total. The Kier molecular flexibility index (Phi) is 4.79. The standard InChI is InChI=1S/C14H21N3O3/c1-3-19-14(18)11-4-6-16-13(12(11)15)17-8-10-5-7-20-9(10)2/h4,6,9-10H,3,5,7-8,15H2,1-2H3,(H,16,17). The highest BCUT2D eigenvalue weighted by Crippen LogP contribution is 2.24. The number of nitrogens with zero attached hydrogens (tertiary/aromatic N) is 1. The number of pyridine rings is 1. The lowest BCUT2D eigenvalue weighted by Gasteiger charge is -2.16. The van der Waals surface area contributed by atoms with Gasteiger partial charge in [-0.25, -0.2) is 9.78 Å². The summed E-state index contributed by atoms with van der Waals surface area (Å²) in [7, 11) is 0. The van der Waals surface area contributed by atoms with Gasteiger partial charge < -0.3 is 20.5 Å². The quantitative estimate of drug-likeness (QED) is 0.797. The van der Waals surface area contributed by atoms with Crippen LogP contribution in [0.4, 0.5) is 11.5 Å². The fraction of sp³-hybridized carbons (Fsp3) is 0.571. The highest BCUT2D eigenvalue weighted by Gasteiger charge is 2.24. The van der Waals surface area contributed by atoms with Gasteiger partial charge in [-0.15, -0.1) is 0 Å². The SMILES string of the molecule is CCOC(=O)c1ccnc(NCC2CCOC2C)c1N. The number of rotatable bonds is 5. The van der Waals surface area contributed by atoms with E-state index in [0.717, 1.165) is 19.6 Å². The van der Waals surface area contributed by atoms with Crippen LogP contribution in [0.3, 0.4) is 0 Å². The zero-order valence-corrected chi connectivity index (χ0v) is 11.9. The minimum atomic E-state index is -0.423. The van der Waals surface area contributed by atoms with Crippen molar-refractivity contribution in [1.29, 1.82) is 0 Å². The number of carbonyl (C=O) groups is 1. The molecule has 20 heavy (non-hydrogen) atoms. The molecule has 2 atom stereocenters. The monoisotopic (exact) mass is 279 g/mol. The Bertz CT molecular complexity index is 479. The van der Waals surface area contributed by atoms with E-state index in [1.165, 1.54) is 0 Å². The van der Waals surface area contributed by atoms with Gasteiger partial charge in [0.2, 0.25) is 0 Å². The minimum Gasteiger partial charge on any atom is -0.462 e. The second-order valence-corrected chi connectivity index (χ2v) is 4.85. The molecule has 1 fully saturated rings. The van der Waals surface area contributed by atoms with E-state index in [1.54, 1.807) is 19.2 Å². The normalized spacial score (nSPS) is 21.7. The van der Waals surface area contributed by atoms with Crippen molar-refractivity contribution < 1.29 is 14.3 Å². The van der Waals surface area contributed by atoms with Crippen molar-refractivity contribution in [2.75, 3.05) is 30.8 Å². The third-order valence-corrected chi connectivity index (χ3v) is 3.55. The maximum absolute atomic E-state index is 11.8. The van der Waals surface area contributed by atoms with E-state index in [1.807, 2.05) is 0 Å². The van der Waals surface area contributed by atoms with Gasteiger partial charge in [0.05, 0.1) is 24.0 Å². The summed E-state index contributed by atoms with van der Waals surface area (Å²) in [5, 5.41) is 3.20. The Morgan fingerprint density at radius 3 is 3.10 bits per heavy atom. The van der Waals surface area contributed by atoms with Crippen LogP contribution < -0.4 is 11.1 Å². The van der Waals surface area contributed by atoms with Crippen molar-refractivity contribution >= 4 is 17.5 Å². The summed E-state index contributed by atoms with van der Waals surface area (Å²) in [6.45, 7) is 5.66. The lowest BCUT2D eigenvalue weighted by molar-refractivity contribution is 0.0527. The van der Waals surface area contributed by atoms with Gasteiger partial charge in [-0.3, -0.25) is 0 Å². The van der Waals surface area contributed by atoms with Crippen LogP contribution in [-0.2, 0) is 9.47 Å². The number of anilines is 2. The zero-order chi connectivity index (χ0) is 14.5. The van der Waals surface area contributed by atoms with E-state index in [4.69, 9.17) is 15.2 Å². The van der Waals surface area contributed by atoms with Crippen LogP contribution in [0, 0.1) is 5.92 Å². The Morgan fingerprint density at radius 2 is 2.45 bits per heavy atom. The number of esters is 1. The average molecular weight is 279 g/mol. The van der Waals surface area contributed by atoms with Crippen LogP contribution in [0.15, 0.2) is 12.3 Å². The van der Waals surface area contributed by atoms with Gasteiger partial charge in [0, 0.05) is 25.3 Å². The van der Waals surface area contributed by atoms with Gasteiger partial charge in [-0.2, -0.15) is 0 Å². The number of aromatic nitrogens is 1. The minimum absolute atomic E-state index is 0.233. The van der Waals surface area contributed by atoms with Crippen molar-refractivity contribution in [3.05, 3.63) is 17.8 Å². The van der Waals surface area contributed by atoms with E-state index in [-0.39, 0.29) is 6.10 Å². The number of nitrogen functional groups attached to an aromatic ring is 1. The lowest BCUT2D eigenvalue weighted by atomic mass is 10.0. The van der Waals surface area contributed by atoms with E-state index in [2.05, 4.69) is 17.2 Å². The molecule has 2 rings (SSSR count). The smallest absolute Gasteiger partial charge is 0.340 e. The summed E-state index contributed by atoms with van der Waals surface area (Å²) in [5.74, 6) is 0.533. The van der Waals surface area contributed by atoms with Crippen LogP contribution in [-0.4, -0.2) is 36.8 Å². The lowest BCUT2D eigenvalue weighted by Crippen LogP contribution is -2.22. The van der Waals surface area contributed by atoms with Gasteiger partial charge in [0.25, 0.3) is 0 Å². The number of ether oxygens (including phenoxy) is 2. The molecule has 110 valence electrons. The first-order valence-corrected chi connectivity index (χ1v) is 6.90. The van der Waals surface area contributed by atoms with Gasteiger partial charge >= 0.3 is 5.97 Å². The summed E-state index contributed by atoms with van der Waals surface area (Å²) in [6.07, 6.45) is 2.81. The number of nitrogens with one attached hydrogen (secondary N) is 1. The summed E-state index contributed by atoms with van der Waals surface area (Å²) in [4.78, 5) is 15.9. The number of hydrogen-bond acceptors (Lipinski definition) is 6. The summed E-state index contributed by atoms with van der Waals surface area (Å²) >= 11 is 0. The highest BCUT2D eigenvalue weighted by atomic mass is 16.5. The molecule has 0 aliphatic carbocycles. The first-order valence-electron chi connectivity index (χ1n) is 6.90. The Morgan fingerprint density at radius 1 is 1.65 bits per heavy atom. The molecule has 1 aliphatic rings. The molecule has 0 amide bonds. The molecule has 1 saturated heterocycles. The summed E-state index contributed by atoms with van der Waals surface area (Å²) in [5.41, 5.74) is 6.66. The second kappa shape index (κ2) is 6.56. The van der Waals surface area contributed by atoms with Crippen molar-refractivity contribution in [3.63, 3.8) is 0 Å². The van der Waals surface area contributed by atoms with Crippen molar-refractivity contribution in [2.24, 2.45) is 5.92 Å². The molecule has 2 unspecified atom stereocenters. The van der Waals surface area contributed by atoms with E-state index < -0.39 is 5.97 Å². The predicted octanol–water partition coefficient (Wildman–Crippen LogP) is 1.68. The second-order valence-electron chi connectivity index (χ2n) is 4.85. The molecule has 0 radical (unpaired) electrons. The first-order chi connectivity index (χ1) is 9.63. The van der Waals surface area contributed by atoms with Gasteiger partial charge in [0.15, 0.2) is 0 Å². The van der Waals surface area contributed by atoms with Crippen LogP contribution in [0.2, 0.25) is 0 Å². The van der Waals surface area contributed by atoms with Gasteiger partial charge in [0.1, 0.15) is 5.82 Å². The Balaban J connectivity index is 2.04. The maximum atomic E-state index is 11.8. The molecule has 1 aliphatic heterocycles. The average Bonchev–Trinajstić information content (AvgIpc) is 2.83. The molecule has 3 N–H and O–H groups in total. The topological polar surface area (TPSA) is 86.5 Å². The van der Waals surface area contributed by atoms with Crippen LogP contribution in [0.25, 0.3) is 0 Å². The molecule has 0 bridgehead atoms. The summed E-state index contributed by atoms with van der Waals surface area (Å²) < 4.78 is 10.5. The zero-order valence-electron chi connectivity index (χ0n) is 11.9. The largest absolute Gasteiger partial charge is 0.462 e. The molecular formula is C14H21N3O3. The molecule has 6 heteroatoms. The molecule has 1 aromatic rings. The molecule has 0 aromatic carbocycles. The van der Waals surface area contributed by atoms with Crippen LogP contribution in [0.5, 0.6) is 0 Å². The van der Waals surface area contributed by atoms with Crippen LogP contribution in [0.1, 0.15) is 30.6 Å². The summed E-state index contributed by atoms with van der Waals surface area (Å²) in [6, 6.07) is 1.57. The molecular weight excluding hydrogens is 258 g/mol. The highest BCUT2D eigenvalue weighted by molar-refractivity contribution is 5.97. The van der Waals surface area contributed by atoms with E-state index >= 15 is 0 Å². The molecule has 2 heterocycles. The van der Waals surface area contributed by atoms with E-state index in [9.17, 15) is 4.79 Å². The van der Waals surface area contributed by atoms with Gasteiger partial charge in [-0.05, 0) is 26.3 Å². The Labute approximate surface area is 118 Å². The first kappa shape index (κ1) is 14.6. The third kappa shape index (κ3) is 3.19. The fourth-order valence-electron chi connectivity index (χ4n) is 2.27. The maximum Gasteiger partial charge on any atom is 0.340 e. The van der Waals surface area contributed by atoms with E-state index in [0.29, 0.717) is 29.6 Å². The number of carbonyl (C=O) groups excluding carboxylic acids is 1. The number of nitrogens with two attached hydrogens (primary N) is 1. The predicted molar refractivity (Wildman–Crippen MR) is 76.6 cm³/mol. The Hall–Kier alpha value is -1.82. The molecule has 1 aromatic heterocycles. The molecule has 0 spiro atoms. The van der Waals surface area contributed by atoms with Crippen molar-refractivity contribution in [2.45, 2.75) is 26.4 Å². The van der Waals surface area contributed by atoms with Crippen molar-refractivity contribution in [3.8, 4) is 0 Å². The fourth-order valence-corrected chi connectivity index (χ4v) is 2.27. The number of hydrogen-bond donors (Lipinski definition) is 2. The van der Waals surface area contributed by atoms with Gasteiger partial charge in [-0.1, -0.05) is 0 Å². The molecule has 0 saturated carbocycles.